The molecule has 0 spiro atoms. The molecule has 0 atom stereocenters. The number of fused-ring (bicyclic) bond motifs is 9. The van der Waals surface area contributed by atoms with E-state index in [9.17, 15) is 0 Å². The summed E-state index contributed by atoms with van der Waals surface area (Å²) in [6.45, 7) is 0. The zero-order valence-electron chi connectivity index (χ0n) is 34.5. The Labute approximate surface area is 365 Å². The highest BCUT2D eigenvalue weighted by Crippen LogP contribution is 2.40. The lowest BCUT2D eigenvalue weighted by Crippen LogP contribution is -1.96. The highest BCUT2D eigenvalue weighted by Gasteiger charge is 2.19. The van der Waals surface area contributed by atoms with E-state index in [-0.39, 0.29) is 0 Å². The Morgan fingerprint density at radius 2 is 0.810 bits per heavy atom. The SMILES string of the molecule is C1=Cc2c(oc3c(-c4cccc(-c5cccc(-c6cccc(-c7cccc(-n8c9ccccc9c9cc(-n%10c%11ccccc%11c%11ccccc%11%10)ccc98)c7)c6)c5)c4)cccc23)CC1. The summed E-state index contributed by atoms with van der Waals surface area (Å²) in [6.07, 6.45) is 6.45. The van der Waals surface area contributed by atoms with Gasteiger partial charge < -0.3 is 13.6 Å². The summed E-state index contributed by atoms with van der Waals surface area (Å²) < 4.78 is 11.3. The van der Waals surface area contributed by atoms with Crippen LogP contribution in [0.1, 0.15) is 17.7 Å². The van der Waals surface area contributed by atoms with E-state index in [4.69, 9.17) is 4.42 Å². The Kier molecular flexibility index (Phi) is 8.04. The van der Waals surface area contributed by atoms with Gasteiger partial charge in [-0.05, 0) is 112 Å². The van der Waals surface area contributed by atoms with Crippen LogP contribution in [0.25, 0.3) is 117 Å². The van der Waals surface area contributed by atoms with Crippen molar-refractivity contribution in [3.63, 3.8) is 0 Å². The number of aryl methyl sites for hydroxylation is 1. The third kappa shape index (κ3) is 5.74. The molecule has 0 fully saturated rings. The number of para-hydroxylation sites is 4. The summed E-state index contributed by atoms with van der Waals surface area (Å²) in [7, 11) is 0. The molecule has 0 saturated carbocycles. The second-order valence-electron chi connectivity index (χ2n) is 16.8. The molecule has 0 amide bonds. The van der Waals surface area contributed by atoms with Gasteiger partial charge in [-0.25, -0.2) is 0 Å². The van der Waals surface area contributed by atoms with Gasteiger partial charge in [-0.1, -0.05) is 152 Å². The molecular formula is C60H40N2O. The highest BCUT2D eigenvalue weighted by atomic mass is 16.3. The minimum absolute atomic E-state index is 0.952. The van der Waals surface area contributed by atoms with Gasteiger partial charge in [0.25, 0.3) is 0 Å². The molecule has 1 aliphatic rings. The fourth-order valence-electron chi connectivity index (χ4n) is 10.2. The van der Waals surface area contributed by atoms with Crippen molar-refractivity contribution in [1.82, 2.24) is 9.13 Å². The first-order valence-corrected chi connectivity index (χ1v) is 21.9. The first kappa shape index (κ1) is 35.6. The Morgan fingerprint density at radius 1 is 0.349 bits per heavy atom. The van der Waals surface area contributed by atoms with E-state index in [1.165, 1.54) is 87.9 Å². The molecule has 3 heteroatoms. The summed E-state index contributed by atoms with van der Waals surface area (Å²) in [5.74, 6) is 1.09. The standard InChI is InChI=1S/C60H40N2O/c1-5-28-55-49(22-1)50-23-2-6-29-56(50)62(55)47-32-33-58-54(38-47)51-24-3-7-30-57(51)61(58)46-21-12-19-44(37-46)42-17-10-15-40(35-42)39-14-9-16-41(34-39)43-18-11-20-45(36-43)48-26-13-27-53-52-25-4-8-31-59(52)63-60(48)53/h1-7,9-30,32-38H,8,31H2. The highest BCUT2D eigenvalue weighted by molar-refractivity contribution is 6.12. The lowest BCUT2D eigenvalue weighted by Gasteiger charge is -2.12. The summed E-state index contributed by atoms with van der Waals surface area (Å²) in [5, 5.41) is 6.20. The van der Waals surface area contributed by atoms with Gasteiger partial charge in [0, 0.05) is 55.9 Å². The van der Waals surface area contributed by atoms with Gasteiger partial charge in [0.1, 0.15) is 11.3 Å². The summed E-state index contributed by atoms with van der Waals surface area (Å²) in [6, 6.07) is 75.4. The molecule has 0 unspecified atom stereocenters. The third-order valence-electron chi connectivity index (χ3n) is 13.2. The molecular weight excluding hydrogens is 765 g/mol. The number of hydrogen-bond acceptors (Lipinski definition) is 1. The molecule has 63 heavy (non-hydrogen) atoms. The van der Waals surface area contributed by atoms with E-state index in [0.717, 1.165) is 46.7 Å². The minimum atomic E-state index is 0.952. The first-order valence-electron chi connectivity index (χ1n) is 21.9. The zero-order valence-corrected chi connectivity index (χ0v) is 34.5. The maximum Gasteiger partial charge on any atom is 0.142 e. The van der Waals surface area contributed by atoms with Gasteiger partial charge in [-0.15, -0.1) is 0 Å². The molecule has 296 valence electrons. The molecule has 0 saturated heterocycles. The van der Waals surface area contributed by atoms with Gasteiger partial charge in [-0.3, -0.25) is 0 Å². The molecule has 3 heterocycles. The van der Waals surface area contributed by atoms with Crippen LogP contribution in [-0.4, -0.2) is 9.13 Å². The van der Waals surface area contributed by atoms with Crippen molar-refractivity contribution in [3.8, 4) is 55.9 Å². The number of benzene rings is 9. The molecule has 3 aromatic heterocycles. The van der Waals surface area contributed by atoms with Crippen LogP contribution in [0.4, 0.5) is 0 Å². The van der Waals surface area contributed by atoms with E-state index >= 15 is 0 Å². The van der Waals surface area contributed by atoms with Crippen LogP contribution in [0, 0.1) is 0 Å². The minimum Gasteiger partial charge on any atom is -0.460 e. The lowest BCUT2D eigenvalue weighted by atomic mass is 9.94. The van der Waals surface area contributed by atoms with Crippen molar-refractivity contribution in [2.45, 2.75) is 12.8 Å². The fraction of sp³-hybridized carbons (Fsp3) is 0.0333. The Morgan fingerprint density at radius 3 is 1.43 bits per heavy atom. The second kappa shape index (κ2) is 14.2. The summed E-state index contributed by atoms with van der Waals surface area (Å²) >= 11 is 0. The van der Waals surface area contributed by atoms with Gasteiger partial charge >= 0.3 is 0 Å². The van der Waals surface area contributed by atoms with E-state index in [0.29, 0.717) is 0 Å². The molecule has 0 N–H and O–H groups in total. The van der Waals surface area contributed by atoms with E-state index in [1.807, 2.05) is 0 Å². The molecule has 13 rings (SSSR count). The number of rotatable bonds is 6. The Bertz CT molecular complexity index is 3760. The lowest BCUT2D eigenvalue weighted by molar-refractivity contribution is 0.547. The molecule has 12 aromatic rings. The topological polar surface area (TPSA) is 23.0 Å². The van der Waals surface area contributed by atoms with Crippen LogP contribution in [0.2, 0.25) is 0 Å². The maximum absolute atomic E-state index is 6.50. The van der Waals surface area contributed by atoms with Gasteiger partial charge in [-0.2, -0.15) is 0 Å². The fourth-order valence-corrected chi connectivity index (χ4v) is 10.2. The van der Waals surface area contributed by atoms with Crippen molar-refractivity contribution >= 4 is 60.7 Å². The molecule has 1 aliphatic carbocycles. The number of aromatic nitrogens is 2. The Hall–Kier alpha value is -8.14. The smallest absolute Gasteiger partial charge is 0.142 e. The van der Waals surface area contributed by atoms with Crippen molar-refractivity contribution < 1.29 is 4.42 Å². The normalized spacial score (nSPS) is 12.6. The van der Waals surface area contributed by atoms with Crippen molar-refractivity contribution in [2.75, 3.05) is 0 Å². The molecule has 0 bridgehead atoms. The van der Waals surface area contributed by atoms with E-state index < -0.39 is 0 Å². The predicted octanol–water partition coefficient (Wildman–Crippen LogP) is 16.3. The third-order valence-corrected chi connectivity index (χ3v) is 13.2. The summed E-state index contributed by atoms with van der Waals surface area (Å²) in [5.41, 5.74) is 18.7. The second-order valence-corrected chi connectivity index (χ2v) is 16.8. The zero-order chi connectivity index (χ0) is 41.4. The van der Waals surface area contributed by atoms with Crippen LogP contribution < -0.4 is 0 Å². The van der Waals surface area contributed by atoms with Crippen LogP contribution in [0.5, 0.6) is 0 Å². The van der Waals surface area contributed by atoms with Gasteiger partial charge in [0.05, 0.1) is 22.1 Å². The first-order chi connectivity index (χ1) is 31.2. The largest absolute Gasteiger partial charge is 0.460 e. The van der Waals surface area contributed by atoms with Gasteiger partial charge in [0.15, 0.2) is 0 Å². The predicted molar refractivity (Wildman–Crippen MR) is 264 cm³/mol. The van der Waals surface area contributed by atoms with Crippen LogP contribution in [-0.2, 0) is 6.42 Å². The quantitative estimate of drug-likeness (QED) is 0.164. The average Bonchev–Trinajstić information content (AvgIpc) is 4.02. The van der Waals surface area contributed by atoms with E-state index in [1.54, 1.807) is 0 Å². The number of nitrogens with zero attached hydrogens (tertiary/aromatic N) is 2. The number of allylic oxidation sites excluding steroid dienone is 1. The molecule has 0 aliphatic heterocycles. The van der Waals surface area contributed by atoms with Crippen molar-refractivity contribution in [1.29, 1.82) is 0 Å². The van der Waals surface area contributed by atoms with Crippen LogP contribution in [0.15, 0.2) is 217 Å². The summed E-state index contributed by atoms with van der Waals surface area (Å²) in [4.78, 5) is 0. The van der Waals surface area contributed by atoms with Crippen LogP contribution in [0.3, 0.4) is 0 Å². The maximum atomic E-state index is 6.50. The molecule has 9 aromatic carbocycles. The number of furan rings is 1. The average molecular weight is 805 g/mol. The van der Waals surface area contributed by atoms with E-state index in [2.05, 4.69) is 228 Å². The molecule has 3 nitrogen and oxygen atoms in total. The van der Waals surface area contributed by atoms with Crippen molar-refractivity contribution in [2.24, 2.45) is 0 Å². The molecule has 0 radical (unpaired) electrons. The Balaban J connectivity index is 0.858. The monoisotopic (exact) mass is 804 g/mol. The number of hydrogen-bond donors (Lipinski definition) is 0. The van der Waals surface area contributed by atoms with Crippen molar-refractivity contribution in [3.05, 3.63) is 224 Å². The van der Waals surface area contributed by atoms with Gasteiger partial charge in [0.2, 0.25) is 0 Å². The van der Waals surface area contributed by atoms with Crippen LogP contribution >= 0.6 is 0 Å².